The molecule has 1 rings (SSSR count). The lowest BCUT2D eigenvalue weighted by atomic mass is 9.99. The van der Waals surface area contributed by atoms with Gasteiger partial charge in [-0.3, -0.25) is 0 Å². The predicted molar refractivity (Wildman–Crippen MR) is 111 cm³/mol. The highest BCUT2D eigenvalue weighted by atomic mass is 28.3. The Labute approximate surface area is 155 Å². The molecule has 0 saturated heterocycles. The molecule has 0 radical (unpaired) electrons. The first-order chi connectivity index (χ1) is 11.9. The number of benzene rings is 1. The molecule has 0 saturated carbocycles. The summed E-state index contributed by atoms with van der Waals surface area (Å²) in [7, 11) is 2.29. The molecule has 0 heterocycles. The molecular formula is C21H37NO2Si. The van der Waals surface area contributed by atoms with Crippen molar-refractivity contribution in [2.45, 2.75) is 64.2 Å². The van der Waals surface area contributed by atoms with E-state index < -0.39 is 8.07 Å². The van der Waals surface area contributed by atoms with Gasteiger partial charge in [0, 0.05) is 28.3 Å². The van der Waals surface area contributed by atoms with Crippen LogP contribution in [0.2, 0.25) is 25.7 Å². The first kappa shape index (κ1) is 22.1. The smallest absolute Gasteiger partial charge is 0.156 e. The summed E-state index contributed by atoms with van der Waals surface area (Å²) >= 11 is 0. The third kappa shape index (κ3) is 9.36. The van der Waals surface area contributed by atoms with Crippen LogP contribution < -0.4 is 5.32 Å². The fraction of sp³-hybridized carbons (Fsp3) is 0.619. The molecule has 1 atom stereocenters. The Bertz CT molecular complexity index is 492. The van der Waals surface area contributed by atoms with Crippen LogP contribution in [0.4, 0.5) is 0 Å². The lowest BCUT2D eigenvalue weighted by molar-refractivity contribution is -0.106. The van der Waals surface area contributed by atoms with E-state index in [1.165, 1.54) is 11.6 Å². The second-order valence-electron chi connectivity index (χ2n) is 7.85. The van der Waals surface area contributed by atoms with E-state index in [4.69, 9.17) is 9.47 Å². The molecule has 0 aliphatic rings. The Balaban J connectivity index is 2.68. The third-order valence-corrected chi connectivity index (χ3v) is 5.88. The Kier molecular flexibility index (Phi) is 10.3. The maximum Gasteiger partial charge on any atom is 0.156 e. The second-order valence-corrected chi connectivity index (χ2v) is 13.3. The van der Waals surface area contributed by atoms with Crippen molar-refractivity contribution in [2.75, 3.05) is 20.8 Å². The van der Waals surface area contributed by atoms with Gasteiger partial charge >= 0.3 is 0 Å². The summed E-state index contributed by atoms with van der Waals surface area (Å²) in [5, 5.41) is 3.75. The zero-order valence-electron chi connectivity index (χ0n) is 17.0. The lowest BCUT2D eigenvalue weighted by Crippen LogP contribution is -2.26. The Morgan fingerprint density at radius 1 is 1.12 bits per heavy atom. The van der Waals surface area contributed by atoms with Gasteiger partial charge in [0.15, 0.2) is 6.29 Å². The van der Waals surface area contributed by atoms with Gasteiger partial charge in [-0.2, -0.15) is 0 Å². The van der Waals surface area contributed by atoms with Gasteiger partial charge in [-0.1, -0.05) is 61.6 Å². The van der Waals surface area contributed by atoms with E-state index in [-0.39, 0.29) is 6.29 Å². The summed E-state index contributed by atoms with van der Waals surface area (Å²) in [6.45, 7) is 10.5. The molecule has 25 heavy (non-hydrogen) atoms. The summed E-state index contributed by atoms with van der Waals surface area (Å²) in [5.74, 6) is 0. The van der Waals surface area contributed by atoms with Crippen LogP contribution in [0.25, 0.3) is 0 Å². The molecular weight excluding hydrogens is 326 g/mol. The van der Waals surface area contributed by atoms with Crippen molar-refractivity contribution in [3.63, 3.8) is 0 Å². The molecule has 0 bridgehead atoms. The van der Waals surface area contributed by atoms with Crippen LogP contribution in [0, 0.1) is 0 Å². The molecule has 1 aromatic rings. The summed E-state index contributed by atoms with van der Waals surface area (Å²) in [4.78, 5) is 0. The van der Waals surface area contributed by atoms with Crippen LogP contribution in [0.15, 0.2) is 42.0 Å². The van der Waals surface area contributed by atoms with Crippen LogP contribution in [0.3, 0.4) is 0 Å². The van der Waals surface area contributed by atoms with Crippen LogP contribution in [-0.2, 0) is 9.47 Å². The monoisotopic (exact) mass is 363 g/mol. The van der Waals surface area contributed by atoms with Crippen molar-refractivity contribution in [3.8, 4) is 0 Å². The molecule has 3 nitrogen and oxygen atoms in total. The minimum Gasteiger partial charge on any atom is -0.356 e. The minimum absolute atomic E-state index is 0.102. The van der Waals surface area contributed by atoms with Gasteiger partial charge in [-0.15, -0.1) is 0 Å². The summed E-state index contributed by atoms with van der Waals surface area (Å²) in [6.07, 6.45) is 5.25. The van der Waals surface area contributed by atoms with E-state index in [9.17, 15) is 0 Å². The van der Waals surface area contributed by atoms with Gasteiger partial charge in [0.2, 0.25) is 0 Å². The average Bonchev–Trinajstić information content (AvgIpc) is 2.59. The zero-order chi connectivity index (χ0) is 18.7. The normalized spacial score (nSPS) is 14.1. The number of rotatable bonds is 12. The van der Waals surface area contributed by atoms with Gasteiger partial charge in [-0.05, 0) is 44.3 Å². The quantitative estimate of drug-likeness (QED) is 0.234. The predicted octanol–water partition coefficient (Wildman–Crippen LogP) is 5.39. The van der Waals surface area contributed by atoms with E-state index >= 15 is 0 Å². The molecule has 0 spiro atoms. The summed E-state index contributed by atoms with van der Waals surface area (Å²) < 4.78 is 10.5. The highest BCUT2D eigenvalue weighted by Crippen LogP contribution is 2.27. The molecule has 4 heteroatoms. The SMILES string of the molecule is C/C=C(\CC(NCCCC(OC)OC)c1ccccc1)C[Si](C)(C)C. The standard InChI is InChI=1S/C21H37NO2Si/c1-7-18(17-25(4,5)6)16-20(19-12-9-8-10-13-19)22-15-11-14-21(23-2)24-3/h7-10,12-13,20-22H,11,14-17H2,1-6H3/b18-7+. The molecule has 0 aliphatic heterocycles. The largest absolute Gasteiger partial charge is 0.356 e. The van der Waals surface area contributed by atoms with Crippen molar-refractivity contribution in [3.05, 3.63) is 47.5 Å². The molecule has 142 valence electrons. The highest BCUT2D eigenvalue weighted by molar-refractivity contribution is 6.76. The van der Waals surface area contributed by atoms with E-state index in [1.807, 2.05) is 0 Å². The topological polar surface area (TPSA) is 30.5 Å². The van der Waals surface area contributed by atoms with Crippen molar-refractivity contribution in [1.82, 2.24) is 5.32 Å². The molecule has 1 N–H and O–H groups in total. The van der Waals surface area contributed by atoms with Crippen LogP contribution in [0.1, 0.15) is 37.8 Å². The molecule has 1 aromatic carbocycles. The van der Waals surface area contributed by atoms with E-state index in [0.717, 1.165) is 25.8 Å². The Hall–Kier alpha value is -0.943. The fourth-order valence-electron chi connectivity index (χ4n) is 3.11. The fourth-order valence-corrected chi connectivity index (χ4v) is 4.82. The lowest BCUT2D eigenvalue weighted by Gasteiger charge is -2.25. The molecule has 0 aliphatic carbocycles. The zero-order valence-corrected chi connectivity index (χ0v) is 18.0. The number of methoxy groups -OCH3 is 2. The maximum absolute atomic E-state index is 5.27. The van der Waals surface area contributed by atoms with E-state index in [1.54, 1.807) is 19.8 Å². The molecule has 1 unspecified atom stereocenters. The molecule has 0 aromatic heterocycles. The van der Waals surface area contributed by atoms with E-state index in [2.05, 4.69) is 68.3 Å². The van der Waals surface area contributed by atoms with Gasteiger partial charge in [0.25, 0.3) is 0 Å². The maximum atomic E-state index is 5.27. The van der Waals surface area contributed by atoms with Crippen LogP contribution in [0.5, 0.6) is 0 Å². The number of nitrogens with one attached hydrogen (secondary N) is 1. The Morgan fingerprint density at radius 2 is 1.76 bits per heavy atom. The Morgan fingerprint density at radius 3 is 2.28 bits per heavy atom. The first-order valence-electron chi connectivity index (χ1n) is 9.37. The van der Waals surface area contributed by atoms with Gasteiger partial charge < -0.3 is 14.8 Å². The van der Waals surface area contributed by atoms with Crippen molar-refractivity contribution in [1.29, 1.82) is 0 Å². The second kappa shape index (κ2) is 11.6. The molecule has 0 fully saturated rings. The van der Waals surface area contributed by atoms with Gasteiger partial charge in [0.05, 0.1) is 0 Å². The number of allylic oxidation sites excluding steroid dienone is 1. The van der Waals surface area contributed by atoms with Gasteiger partial charge in [0.1, 0.15) is 0 Å². The highest BCUT2D eigenvalue weighted by Gasteiger charge is 2.19. The first-order valence-corrected chi connectivity index (χ1v) is 13.1. The number of ether oxygens (including phenoxy) is 2. The third-order valence-electron chi connectivity index (χ3n) is 4.37. The molecule has 0 amide bonds. The summed E-state index contributed by atoms with van der Waals surface area (Å²) in [5.41, 5.74) is 2.94. The van der Waals surface area contributed by atoms with Crippen LogP contribution in [-0.4, -0.2) is 35.1 Å². The average molecular weight is 364 g/mol. The van der Waals surface area contributed by atoms with Gasteiger partial charge in [-0.25, -0.2) is 0 Å². The van der Waals surface area contributed by atoms with Crippen molar-refractivity contribution >= 4 is 8.07 Å². The van der Waals surface area contributed by atoms with Crippen molar-refractivity contribution < 1.29 is 9.47 Å². The minimum atomic E-state index is -1.10. The number of hydrogen-bond donors (Lipinski definition) is 1. The van der Waals surface area contributed by atoms with Crippen molar-refractivity contribution in [2.24, 2.45) is 0 Å². The summed E-state index contributed by atoms with van der Waals surface area (Å²) in [6, 6.07) is 12.4. The number of hydrogen-bond acceptors (Lipinski definition) is 3. The van der Waals surface area contributed by atoms with E-state index in [0.29, 0.717) is 6.04 Å². The van der Waals surface area contributed by atoms with Crippen LogP contribution >= 0.6 is 0 Å².